The van der Waals surface area contributed by atoms with Crippen LogP contribution in [0.3, 0.4) is 0 Å². The topological polar surface area (TPSA) is 73.1 Å². The Morgan fingerprint density at radius 1 is 1.37 bits per heavy atom. The summed E-state index contributed by atoms with van der Waals surface area (Å²) < 4.78 is 28.4. The van der Waals surface area contributed by atoms with Gasteiger partial charge >= 0.3 is 0 Å². The molecule has 0 aliphatic heterocycles. The number of halogens is 2. The third-order valence-electron chi connectivity index (χ3n) is 2.21. The summed E-state index contributed by atoms with van der Waals surface area (Å²) in [5.74, 6) is 1.57. The van der Waals surface area contributed by atoms with Crippen molar-refractivity contribution in [3.05, 3.63) is 11.9 Å². The van der Waals surface area contributed by atoms with E-state index in [-0.39, 0.29) is 12.0 Å². The van der Waals surface area contributed by atoms with Crippen molar-refractivity contribution in [2.75, 3.05) is 30.8 Å². The van der Waals surface area contributed by atoms with Crippen molar-refractivity contribution >= 4 is 11.6 Å². The molecule has 0 unspecified atom stereocenters. The van der Waals surface area contributed by atoms with E-state index < -0.39 is 13.0 Å². The summed E-state index contributed by atoms with van der Waals surface area (Å²) in [6.45, 7) is 5.96. The molecule has 0 fully saturated rings. The first-order valence-corrected chi connectivity index (χ1v) is 6.04. The van der Waals surface area contributed by atoms with E-state index in [9.17, 15) is 8.78 Å². The van der Waals surface area contributed by atoms with Gasteiger partial charge in [0.15, 0.2) is 0 Å². The molecular formula is C12H20F2N4O. The zero-order chi connectivity index (χ0) is 14.5. The molecule has 0 amide bonds. The van der Waals surface area contributed by atoms with Crippen molar-refractivity contribution in [2.24, 2.45) is 0 Å². The molecule has 0 bridgehead atoms. The fourth-order valence-corrected chi connectivity index (χ4v) is 1.32. The number of nitrogens with one attached hydrogen (secondary N) is 1. The molecular weight excluding hydrogens is 254 g/mol. The van der Waals surface area contributed by atoms with E-state index in [0.717, 1.165) is 0 Å². The van der Waals surface area contributed by atoms with Crippen LogP contribution in [0.1, 0.15) is 26.6 Å². The van der Waals surface area contributed by atoms with Crippen LogP contribution in [0.25, 0.3) is 0 Å². The van der Waals surface area contributed by atoms with E-state index in [2.05, 4.69) is 15.3 Å². The Morgan fingerprint density at radius 2 is 2.05 bits per heavy atom. The van der Waals surface area contributed by atoms with Gasteiger partial charge in [0, 0.05) is 18.0 Å². The average molecular weight is 274 g/mol. The molecule has 108 valence electrons. The number of hydrogen-bond acceptors (Lipinski definition) is 5. The highest BCUT2D eigenvalue weighted by atomic mass is 19.3. The predicted molar refractivity (Wildman–Crippen MR) is 70.5 cm³/mol. The highest BCUT2D eigenvalue weighted by molar-refractivity contribution is 5.45. The Labute approximate surface area is 111 Å². The molecule has 0 saturated carbocycles. The van der Waals surface area contributed by atoms with Crippen molar-refractivity contribution in [1.29, 1.82) is 0 Å². The first-order valence-electron chi connectivity index (χ1n) is 6.04. The van der Waals surface area contributed by atoms with Crippen LogP contribution in [0.5, 0.6) is 0 Å². The SMILES string of the molecule is CC(C)(C)c1nc(N)cc(NCCOCC(F)F)n1. The molecule has 0 spiro atoms. The van der Waals surface area contributed by atoms with Gasteiger partial charge in [0.05, 0.1) is 6.61 Å². The lowest BCUT2D eigenvalue weighted by molar-refractivity contribution is 0.0215. The van der Waals surface area contributed by atoms with Gasteiger partial charge in [-0.2, -0.15) is 0 Å². The van der Waals surface area contributed by atoms with E-state index >= 15 is 0 Å². The number of rotatable bonds is 6. The monoisotopic (exact) mass is 274 g/mol. The number of nitrogen functional groups attached to an aromatic ring is 1. The number of aromatic nitrogens is 2. The maximum absolute atomic E-state index is 11.8. The molecule has 1 rings (SSSR count). The summed E-state index contributed by atoms with van der Waals surface area (Å²) in [5, 5.41) is 2.97. The second-order valence-corrected chi connectivity index (χ2v) is 5.14. The van der Waals surface area contributed by atoms with E-state index in [4.69, 9.17) is 10.5 Å². The van der Waals surface area contributed by atoms with E-state index in [0.29, 0.717) is 24.0 Å². The average Bonchev–Trinajstić information content (AvgIpc) is 2.26. The quantitative estimate of drug-likeness (QED) is 0.777. The summed E-state index contributed by atoms with van der Waals surface area (Å²) in [6.07, 6.45) is -2.44. The highest BCUT2D eigenvalue weighted by Crippen LogP contribution is 2.20. The smallest absolute Gasteiger partial charge is 0.261 e. The zero-order valence-electron chi connectivity index (χ0n) is 11.4. The Hall–Kier alpha value is -1.50. The van der Waals surface area contributed by atoms with Crippen LogP contribution in [0.2, 0.25) is 0 Å². The van der Waals surface area contributed by atoms with Crippen LogP contribution in [-0.2, 0) is 10.2 Å². The van der Waals surface area contributed by atoms with Gasteiger partial charge in [0.1, 0.15) is 24.1 Å². The standard InChI is InChI=1S/C12H20F2N4O/c1-12(2,3)11-17-9(15)6-10(18-11)16-4-5-19-7-8(13)14/h6,8H,4-5,7H2,1-3H3,(H3,15,16,17,18). The van der Waals surface area contributed by atoms with Crippen molar-refractivity contribution in [3.8, 4) is 0 Å². The minimum atomic E-state index is -2.44. The summed E-state index contributed by atoms with van der Waals surface area (Å²) in [5.41, 5.74) is 5.49. The molecule has 19 heavy (non-hydrogen) atoms. The van der Waals surface area contributed by atoms with Crippen LogP contribution in [-0.4, -0.2) is 36.2 Å². The lowest BCUT2D eigenvalue weighted by atomic mass is 9.96. The molecule has 7 heteroatoms. The van der Waals surface area contributed by atoms with Crippen LogP contribution >= 0.6 is 0 Å². The van der Waals surface area contributed by atoms with Crippen LogP contribution < -0.4 is 11.1 Å². The molecule has 1 heterocycles. The third kappa shape index (κ3) is 5.78. The van der Waals surface area contributed by atoms with E-state index in [1.165, 1.54) is 0 Å². The number of nitrogens with zero attached hydrogens (tertiary/aromatic N) is 2. The predicted octanol–water partition coefficient (Wildman–Crippen LogP) is 2.05. The lowest BCUT2D eigenvalue weighted by Crippen LogP contribution is -2.19. The molecule has 5 nitrogen and oxygen atoms in total. The molecule has 0 aliphatic carbocycles. The second kappa shape index (κ2) is 6.60. The second-order valence-electron chi connectivity index (χ2n) is 5.14. The van der Waals surface area contributed by atoms with Crippen molar-refractivity contribution in [3.63, 3.8) is 0 Å². The normalized spacial score (nSPS) is 11.9. The molecule has 1 aromatic rings. The number of hydrogen-bond donors (Lipinski definition) is 2. The summed E-state index contributed by atoms with van der Waals surface area (Å²) in [6, 6.07) is 1.60. The first kappa shape index (κ1) is 15.6. The first-order chi connectivity index (χ1) is 8.79. The van der Waals surface area contributed by atoms with Crippen molar-refractivity contribution < 1.29 is 13.5 Å². The van der Waals surface area contributed by atoms with E-state index in [1.54, 1.807) is 6.07 Å². The fraction of sp³-hybridized carbons (Fsp3) is 0.667. The summed E-state index contributed by atoms with van der Waals surface area (Å²) in [4.78, 5) is 8.50. The maximum Gasteiger partial charge on any atom is 0.261 e. The third-order valence-corrected chi connectivity index (χ3v) is 2.21. The van der Waals surface area contributed by atoms with Gasteiger partial charge in [-0.15, -0.1) is 0 Å². The molecule has 0 aliphatic rings. The number of ether oxygens (including phenoxy) is 1. The lowest BCUT2D eigenvalue weighted by Gasteiger charge is -2.18. The molecule has 0 saturated heterocycles. The van der Waals surface area contributed by atoms with Gasteiger partial charge < -0.3 is 15.8 Å². The van der Waals surface area contributed by atoms with Crippen LogP contribution in [0.15, 0.2) is 6.07 Å². The zero-order valence-corrected chi connectivity index (χ0v) is 11.4. The molecule has 0 aromatic carbocycles. The Bertz CT molecular complexity index is 407. The number of alkyl halides is 2. The van der Waals surface area contributed by atoms with Crippen molar-refractivity contribution in [1.82, 2.24) is 9.97 Å². The fourth-order valence-electron chi connectivity index (χ4n) is 1.32. The van der Waals surface area contributed by atoms with E-state index in [1.807, 2.05) is 20.8 Å². The number of anilines is 2. The van der Waals surface area contributed by atoms with Gasteiger partial charge in [-0.3, -0.25) is 0 Å². The van der Waals surface area contributed by atoms with Crippen LogP contribution in [0, 0.1) is 0 Å². The minimum absolute atomic E-state index is 0.180. The largest absolute Gasteiger partial charge is 0.384 e. The Balaban J connectivity index is 2.52. The molecule has 3 N–H and O–H groups in total. The van der Waals surface area contributed by atoms with Gasteiger partial charge in [-0.25, -0.2) is 18.7 Å². The van der Waals surface area contributed by atoms with Gasteiger partial charge in [-0.1, -0.05) is 20.8 Å². The van der Waals surface area contributed by atoms with Gasteiger partial charge in [0.2, 0.25) is 0 Å². The Morgan fingerprint density at radius 3 is 2.63 bits per heavy atom. The summed E-state index contributed by atoms with van der Waals surface area (Å²) in [7, 11) is 0. The summed E-state index contributed by atoms with van der Waals surface area (Å²) >= 11 is 0. The molecule has 1 aromatic heterocycles. The van der Waals surface area contributed by atoms with Crippen molar-refractivity contribution in [2.45, 2.75) is 32.6 Å². The van der Waals surface area contributed by atoms with Gasteiger partial charge in [-0.05, 0) is 0 Å². The Kier molecular flexibility index (Phi) is 5.41. The highest BCUT2D eigenvalue weighted by Gasteiger charge is 2.18. The van der Waals surface area contributed by atoms with Crippen LogP contribution in [0.4, 0.5) is 20.4 Å². The van der Waals surface area contributed by atoms with Gasteiger partial charge in [0.25, 0.3) is 6.43 Å². The molecule has 0 radical (unpaired) electrons. The number of nitrogens with two attached hydrogens (primary N) is 1. The minimum Gasteiger partial charge on any atom is -0.384 e. The maximum atomic E-state index is 11.8. The molecule has 0 atom stereocenters.